The molecule has 0 atom stereocenters. The van der Waals surface area contributed by atoms with E-state index in [0.717, 1.165) is 0 Å². The summed E-state index contributed by atoms with van der Waals surface area (Å²) in [7, 11) is 2.09. The Balaban J connectivity index is 1.57. The largest absolute Gasteiger partial charge is 0.352 e. The van der Waals surface area contributed by atoms with Crippen molar-refractivity contribution in [3.63, 3.8) is 0 Å². The molecule has 0 unspecified atom stereocenters. The monoisotopic (exact) mass is 298 g/mol. The first kappa shape index (κ1) is 15.1. The molecule has 0 aliphatic heterocycles. The summed E-state index contributed by atoms with van der Waals surface area (Å²) in [5, 5.41) is 4.34. The van der Waals surface area contributed by atoms with Crippen LogP contribution in [0.15, 0.2) is 24.3 Å². The molecule has 1 aliphatic carbocycles. The van der Waals surface area contributed by atoms with E-state index in [9.17, 15) is 4.79 Å². The van der Waals surface area contributed by atoms with Crippen LogP contribution in [0.2, 0.25) is 0 Å². The Morgan fingerprint density at radius 2 is 2.00 bits per heavy atom. The molecule has 2 aromatic rings. The zero-order chi connectivity index (χ0) is 15.5. The second-order valence-corrected chi connectivity index (χ2v) is 6.72. The maximum Gasteiger partial charge on any atom is 0.220 e. The highest BCUT2D eigenvalue weighted by Gasteiger charge is 2.16. The summed E-state index contributed by atoms with van der Waals surface area (Å²) in [5.74, 6) is 0.809. The first-order valence-corrected chi connectivity index (χ1v) is 8.45. The molecule has 1 amide bonds. The molecule has 0 bridgehead atoms. The molecular weight excluding hydrogens is 272 g/mol. The first-order chi connectivity index (χ1) is 10.6. The van der Waals surface area contributed by atoms with Gasteiger partial charge in [0, 0.05) is 36.6 Å². The van der Waals surface area contributed by atoms with Crippen LogP contribution < -0.4 is 5.32 Å². The molecule has 22 heavy (non-hydrogen) atoms. The van der Waals surface area contributed by atoms with Gasteiger partial charge in [-0.05, 0) is 49.4 Å². The summed E-state index contributed by atoms with van der Waals surface area (Å²) in [6, 6.07) is 8.64. The van der Waals surface area contributed by atoms with Crippen molar-refractivity contribution in [3.05, 3.63) is 35.5 Å². The van der Waals surface area contributed by atoms with E-state index in [-0.39, 0.29) is 5.91 Å². The number of carbonyl (C=O) groups excluding carboxylic acids is 1. The predicted octanol–water partition coefficient (Wildman–Crippen LogP) is 4.07. The Labute approximate surface area is 132 Å². The number of rotatable bonds is 4. The Morgan fingerprint density at radius 1 is 1.23 bits per heavy atom. The van der Waals surface area contributed by atoms with Crippen LogP contribution in [0, 0.1) is 12.8 Å². The second-order valence-electron chi connectivity index (χ2n) is 6.72. The molecule has 1 heterocycles. The van der Waals surface area contributed by atoms with Crippen molar-refractivity contribution in [2.45, 2.75) is 52.0 Å². The highest BCUT2D eigenvalue weighted by atomic mass is 16.1. The van der Waals surface area contributed by atoms with Gasteiger partial charge in [0.05, 0.1) is 0 Å². The minimum absolute atomic E-state index is 0.205. The van der Waals surface area contributed by atoms with Gasteiger partial charge in [0.25, 0.3) is 0 Å². The third kappa shape index (κ3) is 3.34. The highest BCUT2D eigenvalue weighted by Crippen LogP contribution is 2.26. The molecule has 1 aliphatic rings. The van der Waals surface area contributed by atoms with E-state index < -0.39 is 0 Å². The number of nitrogens with zero attached hydrogens (tertiary/aromatic N) is 1. The summed E-state index contributed by atoms with van der Waals surface area (Å²) in [5.41, 5.74) is 3.68. The van der Waals surface area contributed by atoms with E-state index in [4.69, 9.17) is 0 Å². The van der Waals surface area contributed by atoms with Crippen molar-refractivity contribution >= 4 is 16.8 Å². The lowest BCUT2D eigenvalue weighted by atomic mass is 9.87. The third-order valence-electron chi connectivity index (χ3n) is 5.04. The molecular formula is C19H26N2O. The Bertz CT molecular complexity index is 665. The SMILES string of the molecule is Cc1cc2cc(CNC(=O)CC3CCCCC3)ccc2n1C. The quantitative estimate of drug-likeness (QED) is 0.907. The number of hydrogen-bond acceptors (Lipinski definition) is 1. The molecule has 0 radical (unpaired) electrons. The van der Waals surface area contributed by atoms with Crippen LogP contribution in [-0.2, 0) is 18.4 Å². The van der Waals surface area contributed by atoms with Gasteiger partial charge >= 0.3 is 0 Å². The van der Waals surface area contributed by atoms with Crippen LogP contribution in [-0.4, -0.2) is 10.5 Å². The standard InChI is InChI=1S/C19H26N2O/c1-14-10-17-11-16(8-9-18(17)21(14)2)13-20-19(22)12-15-6-4-3-5-7-15/h8-11,15H,3-7,12-13H2,1-2H3,(H,20,22). The number of nitrogens with one attached hydrogen (secondary N) is 1. The van der Waals surface area contributed by atoms with Crippen molar-refractivity contribution in [1.82, 2.24) is 9.88 Å². The van der Waals surface area contributed by atoms with Gasteiger partial charge in [0.1, 0.15) is 0 Å². The predicted molar refractivity (Wildman–Crippen MR) is 90.7 cm³/mol. The summed E-state index contributed by atoms with van der Waals surface area (Å²) in [6.45, 7) is 2.75. The number of benzene rings is 1. The number of amides is 1. The van der Waals surface area contributed by atoms with Gasteiger partial charge < -0.3 is 9.88 Å². The van der Waals surface area contributed by atoms with E-state index in [2.05, 4.69) is 48.1 Å². The highest BCUT2D eigenvalue weighted by molar-refractivity contribution is 5.82. The number of fused-ring (bicyclic) bond motifs is 1. The fourth-order valence-electron chi connectivity index (χ4n) is 3.57. The summed E-state index contributed by atoms with van der Waals surface area (Å²) < 4.78 is 2.20. The molecule has 1 fully saturated rings. The maximum atomic E-state index is 12.1. The molecule has 1 saturated carbocycles. The molecule has 118 valence electrons. The number of carbonyl (C=O) groups is 1. The first-order valence-electron chi connectivity index (χ1n) is 8.45. The van der Waals surface area contributed by atoms with Crippen LogP contribution in [0.4, 0.5) is 0 Å². The van der Waals surface area contributed by atoms with E-state index in [0.29, 0.717) is 18.9 Å². The van der Waals surface area contributed by atoms with Crippen LogP contribution >= 0.6 is 0 Å². The van der Waals surface area contributed by atoms with E-state index in [1.165, 1.54) is 54.3 Å². The second kappa shape index (κ2) is 6.55. The molecule has 3 rings (SSSR count). The smallest absolute Gasteiger partial charge is 0.220 e. The van der Waals surface area contributed by atoms with Gasteiger partial charge in [-0.2, -0.15) is 0 Å². The lowest BCUT2D eigenvalue weighted by Gasteiger charge is -2.20. The lowest BCUT2D eigenvalue weighted by Crippen LogP contribution is -2.25. The number of hydrogen-bond donors (Lipinski definition) is 1. The van der Waals surface area contributed by atoms with Crippen molar-refractivity contribution < 1.29 is 4.79 Å². The lowest BCUT2D eigenvalue weighted by molar-refractivity contribution is -0.122. The molecule has 1 N–H and O–H groups in total. The Morgan fingerprint density at radius 3 is 2.77 bits per heavy atom. The van der Waals surface area contributed by atoms with Gasteiger partial charge in [-0.1, -0.05) is 25.3 Å². The summed E-state index contributed by atoms with van der Waals surface area (Å²) >= 11 is 0. The molecule has 3 nitrogen and oxygen atoms in total. The van der Waals surface area contributed by atoms with Crippen molar-refractivity contribution in [2.24, 2.45) is 13.0 Å². The van der Waals surface area contributed by atoms with E-state index in [1.807, 2.05) is 0 Å². The van der Waals surface area contributed by atoms with Crippen molar-refractivity contribution in [3.8, 4) is 0 Å². The number of aromatic nitrogens is 1. The molecule has 1 aromatic heterocycles. The zero-order valence-corrected chi connectivity index (χ0v) is 13.7. The minimum Gasteiger partial charge on any atom is -0.352 e. The van der Waals surface area contributed by atoms with Gasteiger partial charge in [0.15, 0.2) is 0 Å². The van der Waals surface area contributed by atoms with Gasteiger partial charge in [-0.15, -0.1) is 0 Å². The fourth-order valence-corrected chi connectivity index (χ4v) is 3.57. The van der Waals surface area contributed by atoms with Crippen LogP contribution in [0.5, 0.6) is 0 Å². The summed E-state index contributed by atoms with van der Waals surface area (Å²) in [6.07, 6.45) is 7.08. The van der Waals surface area contributed by atoms with E-state index >= 15 is 0 Å². The molecule has 1 aromatic carbocycles. The number of aryl methyl sites for hydroxylation is 2. The zero-order valence-electron chi connectivity index (χ0n) is 13.7. The topological polar surface area (TPSA) is 34.0 Å². The van der Waals surface area contributed by atoms with Crippen LogP contribution in [0.1, 0.15) is 49.8 Å². The average molecular weight is 298 g/mol. The van der Waals surface area contributed by atoms with Gasteiger partial charge in [-0.25, -0.2) is 0 Å². The molecule has 0 spiro atoms. The average Bonchev–Trinajstić information content (AvgIpc) is 2.81. The Hall–Kier alpha value is -1.77. The van der Waals surface area contributed by atoms with Crippen LogP contribution in [0.25, 0.3) is 10.9 Å². The van der Waals surface area contributed by atoms with Gasteiger partial charge in [0.2, 0.25) is 5.91 Å². The molecule has 0 saturated heterocycles. The normalized spacial score (nSPS) is 16.1. The fraction of sp³-hybridized carbons (Fsp3) is 0.526. The third-order valence-corrected chi connectivity index (χ3v) is 5.04. The van der Waals surface area contributed by atoms with Crippen LogP contribution in [0.3, 0.4) is 0 Å². The van der Waals surface area contributed by atoms with Crippen molar-refractivity contribution in [1.29, 1.82) is 0 Å². The minimum atomic E-state index is 0.205. The summed E-state index contributed by atoms with van der Waals surface area (Å²) in [4.78, 5) is 12.1. The maximum absolute atomic E-state index is 12.1. The van der Waals surface area contributed by atoms with Crippen molar-refractivity contribution in [2.75, 3.05) is 0 Å². The van der Waals surface area contributed by atoms with E-state index in [1.54, 1.807) is 0 Å². The Kier molecular flexibility index (Phi) is 4.51. The van der Waals surface area contributed by atoms with Gasteiger partial charge in [-0.3, -0.25) is 4.79 Å². The molecule has 3 heteroatoms.